The van der Waals surface area contributed by atoms with Gasteiger partial charge in [0.25, 0.3) is 0 Å². The van der Waals surface area contributed by atoms with Crippen LogP contribution in [0, 0.1) is 11.3 Å². The quantitative estimate of drug-likeness (QED) is 0.691. The summed E-state index contributed by atoms with van der Waals surface area (Å²) in [5, 5.41) is 9.28. The molecule has 0 radical (unpaired) electrons. The van der Waals surface area contributed by atoms with E-state index in [2.05, 4.69) is 28.1 Å². The average molecular weight is 403 g/mol. The highest BCUT2D eigenvalue weighted by Crippen LogP contribution is 2.23. The van der Waals surface area contributed by atoms with E-state index in [1.807, 2.05) is 18.2 Å². The minimum atomic E-state index is -3.54. The first-order valence-electron chi connectivity index (χ1n) is 8.78. The summed E-state index contributed by atoms with van der Waals surface area (Å²) in [4.78, 5) is 6.66. The molecule has 0 unspecified atom stereocenters. The maximum atomic E-state index is 12.9. The van der Waals surface area contributed by atoms with Gasteiger partial charge < -0.3 is 0 Å². The van der Waals surface area contributed by atoms with Gasteiger partial charge in [-0.1, -0.05) is 42.1 Å². The number of nitrogens with zero attached hydrogens (tertiary/aromatic N) is 4. The molecule has 3 rings (SSSR count). The number of benzene rings is 1. The van der Waals surface area contributed by atoms with Crippen molar-refractivity contribution < 1.29 is 8.42 Å². The van der Waals surface area contributed by atoms with Crippen molar-refractivity contribution in [1.29, 1.82) is 5.26 Å². The van der Waals surface area contributed by atoms with Crippen LogP contribution < -0.4 is 0 Å². The van der Waals surface area contributed by atoms with Crippen LogP contribution in [0.25, 0.3) is 0 Å². The second-order valence-electron chi connectivity index (χ2n) is 6.39. The normalized spacial score (nSPS) is 17.3. The zero-order valence-electron chi connectivity index (χ0n) is 15.2. The van der Waals surface area contributed by atoms with Crippen LogP contribution in [0.5, 0.6) is 0 Å². The lowest BCUT2D eigenvalue weighted by Gasteiger charge is -2.33. The predicted octanol–water partition coefficient (Wildman–Crippen LogP) is 2.59. The molecular weight excluding hydrogens is 380 g/mol. The molecule has 1 saturated heterocycles. The molecular formula is C19H22N4O2S2. The lowest BCUT2D eigenvalue weighted by atomic mass is 10.2. The topological polar surface area (TPSA) is 77.3 Å². The Morgan fingerprint density at radius 1 is 1.15 bits per heavy atom. The number of sulfonamides is 1. The van der Waals surface area contributed by atoms with Crippen LogP contribution in [-0.2, 0) is 16.6 Å². The van der Waals surface area contributed by atoms with E-state index >= 15 is 0 Å². The first kappa shape index (κ1) is 19.8. The van der Waals surface area contributed by atoms with E-state index in [9.17, 15) is 8.42 Å². The van der Waals surface area contributed by atoms with E-state index in [-0.39, 0.29) is 10.1 Å². The smallest absolute Gasteiger partial charge is 0.244 e. The number of rotatable bonds is 6. The van der Waals surface area contributed by atoms with Gasteiger partial charge in [0.1, 0.15) is 4.90 Å². The van der Waals surface area contributed by atoms with Gasteiger partial charge in [-0.15, -0.1) is 0 Å². The Labute approximate surface area is 164 Å². The highest BCUT2D eigenvalue weighted by atomic mass is 32.2. The lowest BCUT2D eigenvalue weighted by Crippen LogP contribution is -2.48. The molecule has 1 aliphatic rings. The Hall–Kier alpha value is -1.92. The summed E-state index contributed by atoms with van der Waals surface area (Å²) in [6, 6.07) is 15.6. The van der Waals surface area contributed by atoms with E-state index in [4.69, 9.17) is 5.26 Å². The van der Waals surface area contributed by atoms with Crippen molar-refractivity contribution in [1.82, 2.24) is 14.2 Å². The van der Waals surface area contributed by atoms with E-state index in [0.717, 1.165) is 6.54 Å². The van der Waals surface area contributed by atoms with Crippen molar-refractivity contribution in [2.75, 3.05) is 26.2 Å². The number of hydrogen-bond acceptors (Lipinski definition) is 6. The van der Waals surface area contributed by atoms with Gasteiger partial charge in [0.05, 0.1) is 16.3 Å². The van der Waals surface area contributed by atoms with Crippen LogP contribution >= 0.6 is 11.8 Å². The van der Waals surface area contributed by atoms with Crippen LogP contribution in [-0.4, -0.2) is 54.0 Å². The highest BCUT2D eigenvalue weighted by Gasteiger charge is 2.28. The molecule has 27 heavy (non-hydrogen) atoms. The van der Waals surface area contributed by atoms with Gasteiger partial charge in [-0.2, -0.15) is 9.57 Å². The van der Waals surface area contributed by atoms with Crippen LogP contribution in [0.4, 0.5) is 0 Å². The van der Waals surface area contributed by atoms with E-state index < -0.39 is 10.0 Å². The van der Waals surface area contributed by atoms with Crippen LogP contribution in [0.1, 0.15) is 12.5 Å². The van der Waals surface area contributed by atoms with Gasteiger partial charge in [0.2, 0.25) is 10.0 Å². The third-order valence-electron chi connectivity index (χ3n) is 4.41. The lowest BCUT2D eigenvalue weighted by molar-refractivity contribution is 0.181. The van der Waals surface area contributed by atoms with Gasteiger partial charge in [-0.3, -0.25) is 4.90 Å². The maximum Gasteiger partial charge on any atom is 0.244 e. The van der Waals surface area contributed by atoms with Gasteiger partial charge in [-0.25, -0.2) is 13.4 Å². The fourth-order valence-corrected chi connectivity index (χ4v) is 4.96. The molecule has 0 spiro atoms. The van der Waals surface area contributed by atoms with Crippen molar-refractivity contribution in [3.63, 3.8) is 0 Å². The molecule has 1 aliphatic heterocycles. The minimum Gasteiger partial charge on any atom is -0.296 e. The summed E-state index contributed by atoms with van der Waals surface area (Å²) in [6.07, 6.45) is 1.39. The third-order valence-corrected chi connectivity index (χ3v) is 7.23. The standard InChI is InChI=1S/C19H22N4O2S2/c1-16(13-20)26-19-8-7-18(14-21-19)27(24,25)23-11-9-22(10-12-23)15-17-5-3-2-4-6-17/h2-8,14,16H,9-12,15H2,1H3/t16-/m0/s1. The Bertz CT molecular complexity index is 888. The van der Waals surface area contributed by atoms with Gasteiger partial charge in [-0.05, 0) is 24.6 Å². The van der Waals surface area contributed by atoms with Crippen LogP contribution in [0.3, 0.4) is 0 Å². The Morgan fingerprint density at radius 2 is 1.85 bits per heavy atom. The molecule has 0 aliphatic carbocycles. The van der Waals surface area contributed by atoms with Crippen LogP contribution in [0.2, 0.25) is 0 Å². The molecule has 1 aromatic heterocycles. The Balaban J connectivity index is 1.60. The molecule has 1 atom stereocenters. The van der Waals surface area contributed by atoms with E-state index in [1.54, 1.807) is 19.1 Å². The first-order chi connectivity index (χ1) is 13.0. The molecule has 8 heteroatoms. The first-order valence-corrected chi connectivity index (χ1v) is 11.1. The van der Waals surface area contributed by atoms with E-state index in [1.165, 1.54) is 27.8 Å². The summed E-state index contributed by atoms with van der Waals surface area (Å²) in [6.45, 7) is 4.96. The molecule has 142 valence electrons. The molecule has 2 aromatic rings. The highest BCUT2D eigenvalue weighted by molar-refractivity contribution is 8.00. The van der Waals surface area contributed by atoms with Gasteiger partial charge in [0.15, 0.2) is 0 Å². The Kier molecular flexibility index (Phi) is 6.50. The second kappa shape index (κ2) is 8.85. The molecule has 0 N–H and O–H groups in total. The fourth-order valence-electron chi connectivity index (χ4n) is 2.92. The number of aromatic nitrogens is 1. The summed E-state index contributed by atoms with van der Waals surface area (Å²) < 4.78 is 27.2. The molecule has 2 heterocycles. The Morgan fingerprint density at radius 3 is 2.44 bits per heavy atom. The van der Waals surface area contributed by atoms with E-state index in [0.29, 0.717) is 31.2 Å². The van der Waals surface area contributed by atoms with Gasteiger partial charge >= 0.3 is 0 Å². The number of nitriles is 1. The zero-order valence-corrected chi connectivity index (χ0v) is 16.8. The van der Waals surface area contributed by atoms with Gasteiger partial charge in [0, 0.05) is 38.9 Å². The molecule has 0 amide bonds. The van der Waals surface area contributed by atoms with Crippen molar-refractivity contribution in [2.45, 2.75) is 28.6 Å². The van der Waals surface area contributed by atoms with Crippen molar-refractivity contribution in [2.24, 2.45) is 0 Å². The largest absolute Gasteiger partial charge is 0.296 e. The zero-order chi connectivity index (χ0) is 19.3. The summed E-state index contributed by atoms with van der Waals surface area (Å²) in [7, 11) is -3.54. The number of piperazine rings is 1. The van der Waals surface area contributed by atoms with Crippen molar-refractivity contribution in [3.8, 4) is 6.07 Å². The maximum absolute atomic E-state index is 12.9. The number of thioether (sulfide) groups is 1. The third kappa shape index (κ3) is 5.08. The number of hydrogen-bond donors (Lipinski definition) is 0. The molecule has 0 bridgehead atoms. The summed E-state index contributed by atoms with van der Waals surface area (Å²) in [5.41, 5.74) is 1.23. The van der Waals surface area contributed by atoms with Crippen LogP contribution in [0.15, 0.2) is 58.6 Å². The average Bonchev–Trinajstić information content (AvgIpc) is 2.69. The number of pyridine rings is 1. The SMILES string of the molecule is C[C@@H](C#N)Sc1ccc(S(=O)(=O)N2CCN(Cc3ccccc3)CC2)cn1. The van der Waals surface area contributed by atoms with Crippen molar-refractivity contribution >= 4 is 21.8 Å². The fraction of sp³-hybridized carbons (Fsp3) is 0.368. The monoisotopic (exact) mass is 402 g/mol. The molecule has 0 saturated carbocycles. The summed E-state index contributed by atoms with van der Waals surface area (Å²) in [5.74, 6) is 0. The van der Waals surface area contributed by atoms with Crippen molar-refractivity contribution in [3.05, 3.63) is 54.2 Å². The minimum absolute atomic E-state index is 0.202. The second-order valence-corrected chi connectivity index (χ2v) is 9.69. The molecule has 1 fully saturated rings. The summed E-state index contributed by atoms with van der Waals surface area (Å²) >= 11 is 1.31. The molecule has 1 aromatic carbocycles. The molecule has 6 nitrogen and oxygen atoms in total. The predicted molar refractivity (Wildman–Crippen MR) is 106 cm³/mol.